The van der Waals surface area contributed by atoms with Gasteiger partial charge in [-0.05, 0) is 26.8 Å². The van der Waals surface area contributed by atoms with Gasteiger partial charge in [-0.25, -0.2) is 18.8 Å². The van der Waals surface area contributed by atoms with Gasteiger partial charge in [-0.2, -0.15) is 0 Å². The Morgan fingerprint density at radius 2 is 2.10 bits per heavy atom. The van der Waals surface area contributed by atoms with Crippen LogP contribution in [-0.4, -0.2) is 29.5 Å². The smallest absolute Gasteiger partial charge is 0.272 e. The summed E-state index contributed by atoms with van der Waals surface area (Å²) < 4.78 is 28.9. The van der Waals surface area contributed by atoms with Crippen LogP contribution < -0.4 is 15.8 Å². The number of pyridine rings is 1. The van der Waals surface area contributed by atoms with E-state index in [9.17, 15) is 8.78 Å². The zero-order valence-electron chi connectivity index (χ0n) is 12.3. The van der Waals surface area contributed by atoms with Crippen LogP contribution in [0.2, 0.25) is 0 Å². The minimum Gasteiger partial charge on any atom is -0.472 e. The fourth-order valence-electron chi connectivity index (χ4n) is 1.36. The maximum atomic E-state index is 12.0. The zero-order valence-corrected chi connectivity index (χ0v) is 14.6. The molecule has 8 heteroatoms. The number of nitrogens with one attached hydrogen (secondary N) is 1. The summed E-state index contributed by atoms with van der Waals surface area (Å²) in [5.41, 5.74) is 6.14. The minimum absolute atomic E-state index is 0. The molecule has 0 amide bonds. The van der Waals surface area contributed by atoms with Crippen LogP contribution in [0, 0.1) is 0 Å². The first-order valence-electron chi connectivity index (χ1n) is 6.21. The molecule has 21 heavy (non-hydrogen) atoms. The molecule has 1 heterocycles. The number of halogens is 3. The minimum atomic E-state index is -2.52. The van der Waals surface area contributed by atoms with Crippen LogP contribution in [0.3, 0.4) is 0 Å². The van der Waals surface area contributed by atoms with E-state index in [1.807, 2.05) is 20.8 Å². The van der Waals surface area contributed by atoms with Crippen LogP contribution >= 0.6 is 24.0 Å². The lowest BCUT2D eigenvalue weighted by Gasteiger charge is -2.20. The highest BCUT2D eigenvalue weighted by molar-refractivity contribution is 14.0. The Hall–Kier alpha value is -1.19. The summed E-state index contributed by atoms with van der Waals surface area (Å²) in [6.45, 7) is 5.47. The van der Waals surface area contributed by atoms with Gasteiger partial charge in [-0.1, -0.05) is 6.07 Å². The third-order valence-corrected chi connectivity index (χ3v) is 2.05. The molecule has 120 valence electrons. The standard InChI is InChI=1S/C13H20F2N4O.HI/c1-13(2,3)19-12(16)17-7-9-5-4-6-11(18-9)20-8-10(14)15;/h4-6,10H,7-8H2,1-3H3,(H3,16,17,19);1H. The number of hydrogen-bond acceptors (Lipinski definition) is 3. The Bertz CT molecular complexity index is 464. The molecule has 1 aromatic rings. The Balaban J connectivity index is 0.00000400. The number of nitrogens with two attached hydrogens (primary N) is 1. The van der Waals surface area contributed by atoms with E-state index in [-0.39, 0.29) is 41.9 Å². The molecule has 5 nitrogen and oxygen atoms in total. The number of hydrogen-bond donors (Lipinski definition) is 2. The van der Waals surface area contributed by atoms with Crippen molar-refractivity contribution in [3.05, 3.63) is 23.9 Å². The van der Waals surface area contributed by atoms with Crippen molar-refractivity contribution in [2.24, 2.45) is 10.7 Å². The molecule has 0 unspecified atom stereocenters. The quantitative estimate of drug-likeness (QED) is 0.442. The summed E-state index contributed by atoms with van der Waals surface area (Å²) in [6.07, 6.45) is -2.52. The number of aliphatic imine (C=N–C) groups is 1. The highest BCUT2D eigenvalue weighted by atomic mass is 127. The normalized spacial score (nSPS) is 12.0. The molecule has 3 N–H and O–H groups in total. The van der Waals surface area contributed by atoms with Gasteiger partial charge in [0.05, 0.1) is 12.2 Å². The van der Waals surface area contributed by atoms with Crippen LogP contribution in [0.5, 0.6) is 5.88 Å². The van der Waals surface area contributed by atoms with E-state index in [1.54, 1.807) is 12.1 Å². The first-order valence-corrected chi connectivity index (χ1v) is 6.21. The number of alkyl halides is 2. The average molecular weight is 414 g/mol. The van der Waals surface area contributed by atoms with Gasteiger partial charge in [0.15, 0.2) is 12.6 Å². The van der Waals surface area contributed by atoms with E-state index in [0.717, 1.165) is 0 Å². The summed E-state index contributed by atoms with van der Waals surface area (Å²) >= 11 is 0. The topological polar surface area (TPSA) is 72.5 Å². The predicted molar refractivity (Wildman–Crippen MR) is 89.4 cm³/mol. The van der Waals surface area contributed by atoms with Crippen molar-refractivity contribution in [1.29, 1.82) is 0 Å². The highest BCUT2D eigenvalue weighted by Crippen LogP contribution is 2.09. The molecule has 0 spiro atoms. The van der Waals surface area contributed by atoms with E-state index >= 15 is 0 Å². The second-order valence-corrected chi connectivity index (χ2v) is 5.25. The van der Waals surface area contributed by atoms with Crippen molar-refractivity contribution in [1.82, 2.24) is 10.3 Å². The Labute approximate surface area is 140 Å². The van der Waals surface area contributed by atoms with E-state index in [2.05, 4.69) is 15.3 Å². The molecule has 0 radical (unpaired) electrons. The number of guanidine groups is 1. The van der Waals surface area contributed by atoms with Gasteiger partial charge in [0.2, 0.25) is 5.88 Å². The summed E-state index contributed by atoms with van der Waals surface area (Å²) in [6, 6.07) is 4.92. The van der Waals surface area contributed by atoms with Crippen molar-refractivity contribution in [3.63, 3.8) is 0 Å². The van der Waals surface area contributed by atoms with Crippen molar-refractivity contribution in [2.45, 2.75) is 39.3 Å². The van der Waals surface area contributed by atoms with Crippen LogP contribution in [0.15, 0.2) is 23.2 Å². The predicted octanol–water partition coefficient (Wildman–Crippen LogP) is 2.55. The van der Waals surface area contributed by atoms with Crippen LogP contribution in [0.25, 0.3) is 0 Å². The average Bonchev–Trinajstić information content (AvgIpc) is 2.32. The third kappa shape index (κ3) is 9.38. The fraction of sp³-hybridized carbons (Fsp3) is 0.538. The SMILES string of the molecule is CC(C)(C)NC(N)=NCc1cccc(OCC(F)F)n1.I. The molecule has 1 rings (SSSR count). The molecule has 0 aliphatic heterocycles. The Morgan fingerprint density at radius 1 is 1.43 bits per heavy atom. The maximum Gasteiger partial charge on any atom is 0.272 e. The van der Waals surface area contributed by atoms with Crippen LogP contribution in [-0.2, 0) is 6.54 Å². The Morgan fingerprint density at radius 3 is 2.67 bits per heavy atom. The van der Waals surface area contributed by atoms with Gasteiger partial charge in [-0.15, -0.1) is 24.0 Å². The molecule has 0 fully saturated rings. The van der Waals surface area contributed by atoms with Gasteiger partial charge < -0.3 is 15.8 Å². The summed E-state index contributed by atoms with van der Waals surface area (Å²) in [5, 5.41) is 3.01. The second-order valence-electron chi connectivity index (χ2n) is 5.25. The third-order valence-electron chi connectivity index (χ3n) is 2.05. The fourth-order valence-corrected chi connectivity index (χ4v) is 1.36. The molecule has 0 aromatic carbocycles. The molecule has 0 saturated heterocycles. The van der Waals surface area contributed by atoms with E-state index in [4.69, 9.17) is 10.5 Å². The van der Waals surface area contributed by atoms with Gasteiger partial charge in [-0.3, -0.25) is 0 Å². The van der Waals surface area contributed by atoms with Gasteiger partial charge in [0, 0.05) is 11.6 Å². The lowest BCUT2D eigenvalue weighted by molar-refractivity contribution is 0.0795. The largest absolute Gasteiger partial charge is 0.472 e. The Kier molecular flexibility index (Phi) is 8.45. The van der Waals surface area contributed by atoms with Crippen LogP contribution in [0.1, 0.15) is 26.5 Å². The zero-order chi connectivity index (χ0) is 15.2. The first kappa shape index (κ1) is 19.8. The molecular formula is C13H21F2IN4O. The van der Waals surface area contributed by atoms with Gasteiger partial charge >= 0.3 is 0 Å². The number of rotatable bonds is 5. The molecule has 0 saturated carbocycles. The van der Waals surface area contributed by atoms with Crippen molar-refractivity contribution >= 4 is 29.9 Å². The first-order chi connectivity index (χ1) is 9.26. The van der Waals surface area contributed by atoms with Crippen molar-refractivity contribution < 1.29 is 13.5 Å². The molecule has 0 atom stereocenters. The molecule has 1 aromatic heterocycles. The monoisotopic (exact) mass is 414 g/mol. The lowest BCUT2D eigenvalue weighted by Crippen LogP contribution is -2.45. The van der Waals surface area contributed by atoms with E-state index in [1.165, 1.54) is 6.07 Å². The summed E-state index contributed by atoms with van der Waals surface area (Å²) in [5.74, 6) is 0.457. The van der Waals surface area contributed by atoms with Gasteiger partial charge in [0.1, 0.15) is 0 Å². The number of nitrogens with zero attached hydrogens (tertiary/aromatic N) is 2. The molecule has 0 aliphatic carbocycles. The van der Waals surface area contributed by atoms with E-state index < -0.39 is 13.0 Å². The van der Waals surface area contributed by atoms with Crippen molar-refractivity contribution in [2.75, 3.05) is 6.61 Å². The van der Waals surface area contributed by atoms with Gasteiger partial charge in [0.25, 0.3) is 6.43 Å². The van der Waals surface area contributed by atoms with Crippen LogP contribution in [0.4, 0.5) is 8.78 Å². The summed E-state index contributed by atoms with van der Waals surface area (Å²) in [7, 11) is 0. The molecule has 0 aliphatic rings. The number of aromatic nitrogens is 1. The highest BCUT2D eigenvalue weighted by Gasteiger charge is 2.10. The number of ether oxygens (including phenoxy) is 1. The molecular weight excluding hydrogens is 393 g/mol. The van der Waals surface area contributed by atoms with Crippen molar-refractivity contribution in [3.8, 4) is 5.88 Å². The lowest BCUT2D eigenvalue weighted by atomic mass is 10.1. The maximum absolute atomic E-state index is 12.0. The van der Waals surface area contributed by atoms with E-state index in [0.29, 0.717) is 11.7 Å². The molecule has 0 bridgehead atoms. The second kappa shape index (κ2) is 8.96. The summed E-state index contributed by atoms with van der Waals surface area (Å²) in [4.78, 5) is 8.20.